The fraction of sp³-hybridized carbons (Fsp3) is 0.533. The van der Waals surface area contributed by atoms with Crippen molar-refractivity contribution in [1.82, 2.24) is 9.62 Å². The number of halogens is 1. The number of likely N-dealkylation sites (N-methyl/N-ethyl adjacent to an activating group) is 1. The highest BCUT2D eigenvalue weighted by atomic mass is 35.5. The molecule has 1 saturated carbocycles. The van der Waals surface area contributed by atoms with Crippen LogP contribution in [0.3, 0.4) is 0 Å². The number of hydrogen-bond acceptors (Lipinski definition) is 4. The lowest BCUT2D eigenvalue weighted by Gasteiger charge is -2.42. The fourth-order valence-corrected chi connectivity index (χ4v) is 4.41. The van der Waals surface area contributed by atoms with Crippen molar-refractivity contribution in [3.63, 3.8) is 0 Å². The largest absolute Gasteiger partial charge is 0.480 e. The van der Waals surface area contributed by atoms with Gasteiger partial charge in [-0.25, -0.2) is 13.1 Å². The first-order valence-corrected chi connectivity index (χ1v) is 9.52. The second-order valence-corrected chi connectivity index (χ2v) is 7.98. The molecule has 23 heavy (non-hydrogen) atoms. The van der Waals surface area contributed by atoms with Crippen molar-refractivity contribution in [2.75, 3.05) is 13.1 Å². The third-order valence-electron chi connectivity index (χ3n) is 3.97. The topological polar surface area (TPSA) is 86.7 Å². The maximum atomic E-state index is 12.2. The molecule has 128 valence electrons. The van der Waals surface area contributed by atoms with Crippen LogP contribution in [0, 0.1) is 0 Å². The number of nitrogens with zero attached hydrogens (tertiary/aromatic N) is 1. The molecule has 0 radical (unpaired) electrons. The van der Waals surface area contributed by atoms with E-state index in [0.29, 0.717) is 30.0 Å². The lowest BCUT2D eigenvalue weighted by Crippen LogP contribution is -2.54. The third-order valence-corrected chi connectivity index (χ3v) is 5.61. The van der Waals surface area contributed by atoms with Gasteiger partial charge in [0.2, 0.25) is 10.0 Å². The lowest BCUT2D eigenvalue weighted by atomic mass is 9.86. The van der Waals surface area contributed by atoms with Crippen LogP contribution in [0.25, 0.3) is 0 Å². The van der Waals surface area contributed by atoms with E-state index in [1.165, 1.54) is 0 Å². The van der Waals surface area contributed by atoms with Crippen LogP contribution >= 0.6 is 11.6 Å². The molecule has 0 heterocycles. The number of sulfonamides is 1. The third kappa shape index (κ3) is 5.46. The summed E-state index contributed by atoms with van der Waals surface area (Å²) in [7, 11) is -3.43. The predicted molar refractivity (Wildman–Crippen MR) is 88.9 cm³/mol. The maximum Gasteiger partial charge on any atom is 0.317 e. The van der Waals surface area contributed by atoms with Crippen molar-refractivity contribution in [2.24, 2.45) is 0 Å². The van der Waals surface area contributed by atoms with Gasteiger partial charge in [-0.2, -0.15) is 0 Å². The SMILES string of the molecule is CCN(CC(=O)O)C1CC(NS(=O)(=O)Cc2cccc(Cl)c2)C1. The summed E-state index contributed by atoms with van der Waals surface area (Å²) in [4.78, 5) is 12.6. The Balaban J connectivity index is 1.85. The molecule has 1 aliphatic carbocycles. The molecule has 2 rings (SSSR count). The van der Waals surface area contributed by atoms with Gasteiger partial charge in [-0.05, 0) is 37.1 Å². The first-order valence-electron chi connectivity index (χ1n) is 7.49. The van der Waals surface area contributed by atoms with E-state index in [2.05, 4.69) is 4.72 Å². The molecule has 1 aliphatic rings. The molecule has 1 fully saturated rings. The molecule has 0 bridgehead atoms. The predicted octanol–water partition coefficient (Wildman–Crippen LogP) is 1.70. The number of carboxylic acid groups (broad SMARTS) is 1. The summed E-state index contributed by atoms with van der Waals surface area (Å²) in [5.41, 5.74) is 0.641. The van der Waals surface area contributed by atoms with Gasteiger partial charge in [-0.15, -0.1) is 0 Å². The van der Waals surface area contributed by atoms with Crippen molar-refractivity contribution >= 4 is 27.6 Å². The standard InChI is InChI=1S/C15H21ClN2O4S/c1-2-18(9-15(19)20)14-7-13(8-14)17-23(21,22)10-11-4-3-5-12(16)6-11/h3-6,13-14,17H,2,7-10H2,1H3,(H,19,20). The molecule has 1 aromatic rings. The number of hydrogen-bond donors (Lipinski definition) is 2. The summed E-state index contributed by atoms with van der Waals surface area (Å²) in [6.45, 7) is 2.53. The van der Waals surface area contributed by atoms with Gasteiger partial charge in [0.1, 0.15) is 0 Å². The van der Waals surface area contributed by atoms with Gasteiger partial charge in [0.15, 0.2) is 0 Å². The molecular formula is C15H21ClN2O4S. The van der Waals surface area contributed by atoms with Gasteiger partial charge in [0.05, 0.1) is 12.3 Å². The molecule has 0 aliphatic heterocycles. The van der Waals surface area contributed by atoms with Crippen molar-refractivity contribution in [3.8, 4) is 0 Å². The quantitative estimate of drug-likeness (QED) is 0.736. The highest BCUT2D eigenvalue weighted by Gasteiger charge is 2.35. The zero-order valence-corrected chi connectivity index (χ0v) is 14.5. The highest BCUT2D eigenvalue weighted by molar-refractivity contribution is 7.88. The zero-order valence-electron chi connectivity index (χ0n) is 12.9. The van der Waals surface area contributed by atoms with Crippen LogP contribution < -0.4 is 4.72 Å². The Kier molecular flexibility index (Phi) is 6.02. The normalized spacial score (nSPS) is 21.2. The average molecular weight is 361 g/mol. The first-order chi connectivity index (χ1) is 10.8. The number of carbonyl (C=O) groups is 1. The van der Waals surface area contributed by atoms with E-state index in [1.54, 1.807) is 24.3 Å². The van der Waals surface area contributed by atoms with Crippen LogP contribution in [-0.2, 0) is 20.6 Å². The van der Waals surface area contributed by atoms with E-state index >= 15 is 0 Å². The average Bonchev–Trinajstić information content (AvgIpc) is 2.39. The number of benzene rings is 1. The Morgan fingerprint density at radius 1 is 1.43 bits per heavy atom. The lowest BCUT2D eigenvalue weighted by molar-refractivity contribution is -0.139. The number of carboxylic acids is 1. The molecule has 0 unspecified atom stereocenters. The summed E-state index contributed by atoms with van der Waals surface area (Å²) >= 11 is 5.86. The zero-order chi connectivity index (χ0) is 17.0. The summed E-state index contributed by atoms with van der Waals surface area (Å²) in [6.07, 6.45) is 1.27. The van der Waals surface area contributed by atoms with Crippen molar-refractivity contribution < 1.29 is 18.3 Å². The van der Waals surface area contributed by atoms with Crippen LogP contribution in [0.1, 0.15) is 25.3 Å². The van der Waals surface area contributed by atoms with Gasteiger partial charge in [-0.1, -0.05) is 30.7 Å². The van der Waals surface area contributed by atoms with E-state index in [9.17, 15) is 13.2 Å². The van der Waals surface area contributed by atoms with Crippen LogP contribution in [0.4, 0.5) is 0 Å². The molecule has 0 saturated heterocycles. The molecule has 6 nitrogen and oxygen atoms in total. The minimum absolute atomic E-state index is 0.0108. The number of rotatable bonds is 8. The maximum absolute atomic E-state index is 12.2. The van der Waals surface area contributed by atoms with Crippen LogP contribution in [0.2, 0.25) is 5.02 Å². The van der Waals surface area contributed by atoms with Crippen molar-refractivity contribution in [3.05, 3.63) is 34.9 Å². The Morgan fingerprint density at radius 2 is 2.13 bits per heavy atom. The fourth-order valence-electron chi connectivity index (χ4n) is 2.80. The smallest absolute Gasteiger partial charge is 0.317 e. The number of nitrogens with one attached hydrogen (secondary N) is 1. The van der Waals surface area contributed by atoms with Crippen molar-refractivity contribution in [1.29, 1.82) is 0 Å². The van der Waals surface area contributed by atoms with E-state index in [4.69, 9.17) is 16.7 Å². The van der Waals surface area contributed by atoms with Gasteiger partial charge in [0.25, 0.3) is 0 Å². The van der Waals surface area contributed by atoms with Crippen LogP contribution in [-0.4, -0.2) is 49.6 Å². The van der Waals surface area contributed by atoms with Crippen molar-refractivity contribution in [2.45, 2.75) is 37.6 Å². The Bertz CT molecular complexity index is 659. The molecular weight excluding hydrogens is 340 g/mol. The van der Waals surface area contributed by atoms with E-state index in [1.807, 2.05) is 11.8 Å². The molecule has 1 aromatic carbocycles. The summed E-state index contributed by atoms with van der Waals surface area (Å²) in [6, 6.07) is 6.76. The van der Waals surface area contributed by atoms with E-state index < -0.39 is 16.0 Å². The summed E-state index contributed by atoms with van der Waals surface area (Å²) < 4.78 is 27.0. The highest BCUT2D eigenvalue weighted by Crippen LogP contribution is 2.26. The second kappa shape index (κ2) is 7.61. The molecule has 0 aromatic heterocycles. The number of aliphatic carboxylic acids is 1. The minimum atomic E-state index is -3.43. The summed E-state index contributed by atoms with van der Waals surface area (Å²) in [5, 5.41) is 9.37. The van der Waals surface area contributed by atoms with Gasteiger partial charge < -0.3 is 5.11 Å². The van der Waals surface area contributed by atoms with Gasteiger partial charge in [-0.3, -0.25) is 9.69 Å². The first kappa shape index (κ1) is 18.2. The second-order valence-electron chi connectivity index (χ2n) is 5.79. The van der Waals surface area contributed by atoms with E-state index in [-0.39, 0.29) is 24.4 Å². The van der Waals surface area contributed by atoms with E-state index in [0.717, 1.165) is 0 Å². The summed E-state index contributed by atoms with van der Waals surface area (Å²) in [5.74, 6) is -0.974. The molecule has 0 amide bonds. The van der Waals surface area contributed by atoms with Gasteiger partial charge >= 0.3 is 5.97 Å². The molecule has 0 atom stereocenters. The van der Waals surface area contributed by atoms with Crippen LogP contribution in [0.15, 0.2) is 24.3 Å². The minimum Gasteiger partial charge on any atom is -0.480 e. The Morgan fingerprint density at radius 3 is 2.70 bits per heavy atom. The molecule has 2 N–H and O–H groups in total. The Hall–Kier alpha value is -1.15. The van der Waals surface area contributed by atoms with Gasteiger partial charge in [0, 0.05) is 17.1 Å². The molecule has 0 spiro atoms. The monoisotopic (exact) mass is 360 g/mol. The van der Waals surface area contributed by atoms with Crippen LogP contribution in [0.5, 0.6) is 0 Å². The molecule has 8 heteroatoms. The Labute approximate surface area is 141 Å².